The minimum absolute atomic E-state index is 0.206. The van der Waals surface area contributed by atoms with Crippen molar-refractivity contribution in [2.45, 2.75) is 6.42 Å². The quantitative estimate of drug-likeness (QED) is 0.884. The van der Waals surface area contributed by atoms with Crippen LogP contribution < -0.4 is 4.74 Å². The highest BCUT2D eigenvalue weighted by Crippen LogP contribution is 2.28. The molecule has 5 heteroatoms. The molecule has 4 nitrogen and oxygen atoms in total. The van der Waals surface area contributed by atoms with Gasteiger partial charge >= 0.3 is 5.97 Å². The summed E-state index contributed by atoms with van der Waals surface area (Å²) >= 11 is 0. The summed E-state index contributed by atoms with van der Waals surface area (Å²) in [6.45, 7) is 0. The van der Waals surface area contributed by atoms with Crippen LogP contribution in [0.3, 0.4) is 0 Å². The van der Waals surface area contributed by atoms with E-state index in [1.165, 1.54) is 31.5 Å². The zero-order valence-corrected chi connectivity index (χ0v) is 9.11. The second-order valence-electron chi connectivity index (χ2n) is 3.55. The van der Waals surface area contributed by atoms with Gasteiger partial charge < -0.3 is 9.84 Å². The van der Waals surface area contributed by atoms with Crippen molar-refractivity contribution in [1.29, 1.82) is 0 Å². The SMILES string of the molecule is COc1c(CC(=O)O)cnc2ccc(F)cc12. The van der Waals surface area contributed by atoms with Crippen molar-refractivity contribution >= 4 is 16.9 Å². The van der Waals surface area contributed by atoms with Crippen LogP contribution in [0.15, 0.2) is 24.4 Å². The lowest BCUT2D eigenvalue weighted by Crippen LogP contribution is -2.03. The normalized spacial score (nSPS) is 10.5. The van der Waals surface area contributed by atoms with E-state index in [1.54, 1.807) is 0 Å². The molecule has 88 valence electrons. The van der Waals surface area contributed by atoms with Crippen LogP contribution in [0.5, 0.6) is 5.75 Å². The Hall–Kier alpha value is -2.17. The highest BCUT2D eigenvalue weighted by molar-refractivity contribution is 5.87. The molecule has 1 aromatic heterocycles. The van der Waals surface area contributed by atoms with Crippen LogP contribution in [0.1, 0.15) is 5.56 Å². The van der Waals surface area contributed by atoms with Crippen LogP contribution in [-0.4, -0.2) is 23.2 Å². The maximum Gasteiger partial charge on any atom is 0.308 e. The van der Waals surface area contributed by atoms with Crippen LogP contribution in [-0.2, 0) is 11.2 Å². The molecule has 0 saturated carbocycles. The smallest absolute Gasteiger partial charge is 0.308 e. The van der Waals surface area contributed by atoms with Crippen molar-refractivity contribution < 1.29 is 19.0 Å². The number of carboxylic acid groups (broad SMARTS) is 1. The van der Waals surface area contributed by atoms with Gasteiger partial charge in [-0.05, 0) is 18.2 Å². The van der Waals surface area contributed by atoms with Gasteiger partial charge in [0.15, 0.2) is 0 Å². The number of ether oxygens (including phenoxy) is 1. The van der Waals surface area contributed by atoms with E-state index in [9.17, 15) is 9.18 Å². The predicted molar refractivity (Wildman–Crippen MR) is 59.6 cm³/mol. The minimum Gasteiger partial charge on any atom is -0.496 e. The minimum atomic E-state index is -0.985. The monoisotopic (exact) mass is 235 g/mol. The molecular formula is C12H10FNO3. The molecule has 0 saturated heterocycles. The van der Waals surface area contributed by atoms with Gasteiger partial charge in [-0.15, -0.1) is 0 Å². The molecule has 2 aromatic rings. The van der Waals surface area contributed by atoms with E-state index in [-0.39, 0.29) is 6.42 Å². The van der Waals surface area contributed by atoms with Crippen LogP contribution in [0, 0.1) is 5.82 Å². The number of aromatic nitrogens is 1. The molecule has 0 unspecified atom stereocenters. The molecule has 0 aliphatic carbocycles. The summed E-state index contributed by atoms with van der Waals surface area (Å²) in [4.78, 5) is 14.8. The summed E-state index contributed by atoms with van der Waals surface area (Å²) in [5.74, 6) is -1.04. The van der Waals surface area contributed by atoms with E-state index in [4.69, 9.17) is 9.84 Å². The zero-order valence-electron chi connectivity index (χ0n) is 9.11. The Morgan fingerprint density at radius 1 is 1.53 bits per heavy atom. The van der Waals surface area contributed by atoms with Gasteiger partial charge in [0.05, 0.1) is 19.0 Å². The first-order valence-electron chi connectivity index (χ1n) is 4.94. The van der Waals surface area contributed by atoms with Crippen molar-refractivity contribution in [3.8, 4) is 5.75 Å². The van der Waals surface area contributed by atoms with Gasteiger partial charge in [-0.1, -0.05) is 0 Å². The molecule has 0 fully saturated rings. The maximum atomic E-state index is 13.1. The average Bonchev–Trinajstić information content (AvgIpc) is 2.28. The van der Waals surface area contributed by atoms with E-state index in [0.717, 1.165) is 0 Å². The topological polar surface area (TPSA) is 59.4 Å². The molecule has 1 heterocycles. The van der Waals surface area contributed by atoms with Gasteiger partial charge in [0.2, 0.25) is 0 Å². The molecule has 0 atom stereocenters. The number of methoxy groups -OCH3 is 1. The summed E-state index contributed by atoms with van der Waals surface area (Å²) in [7, 11) is 1.42. The molecule has 0 radical (unpaired) electrons. The lowest BCUT2D eigenvalue weighted by Gasteiger charge is -2.09. The molecule has 0 amide bonds. The highest BCUT2D eigenvalue weighted by Gasteiger charge is 2.12. The van der Waals surface area contributed by atoms with Crippen molar-refractivity contribution in [2.75, 3.05) is 7.11 Å². The molecule has 0 aliphatic heterocycles. The van der Waals surface area contributed by atoms with E-state index >= 15 is 0 Å². The molecule has 0 bridgehead atoms. The number of pyridine rings is 1. The number of hydrogen-bond acceptors (Lipinski definition) is 3. The molecule has 1 N–H and O–H groups in total. The molecule has 0 spiro atoms. The zero-order chi connectivity index (χ0) is 12.4. The summed E-state index contributed by atoms with van der Waals surface area (Å²) in [5.41, 5.74) is 0.996. The number of rotatable bonds is 3. The third-order valence-corrected chi connectivity index (χ3v) is 2.40. The Morgan fingerprint density at radius 3 is 2.94 bits per heavy atom. The standard InChI is InChI=1S/C12H10FNO3/c1-17-12-7(4-11(15)16)6-14-10-3-2-8(13)5-9(10)12/h2-3,5-6H,4H2,1H3,(H,15,16). The highest BCUT2D eigenvalue weighted by atomic mass is 19.1. The van der Waals surface area contributed by atoms with Crippen molar-refractivity contribution in [2.24, 2.45) is 0 Å². The average molecular weight is 235 g/mol. The second kappa shape index (κ2) is 4.37. The van der Waals surface area contributed by atoms with Gasteiger partial charge in [0.1, 0.15) is 11.6 Å². The van der Waals surface area contributed by atoms with Gasteiger partial charge in [-0.3, -0.25) is 9.78 Å². The fraction of sp³-hybridized carbons (Fsp3) is 0.167. The number of carboxylic acids is 1. The lowest BCUT2D eigenvalue weighted by molar-refractivity contribution is -0.136. The van der Waals surface area contributed by atoms with Gasteiger partial charge in [-0.2, -0.15) is 0 Å². The van der Waals surface area contributed by atoms with E-state index < -0.39 is 11.8 Å². The van der Waals surface area contributed by atoms with Gasteiger partial charge in [0.25, 0.3) is 0 Å². The summed E-state index contributed by atoms with van der Waals surface area (Å²) in [6.07, 6.45) is 1.23. The fourth-order valence-electron chi connectivity index (χ4n) is 1.71. The third kappa shape index (κ3) is 2.18. The fourth-order valence-corrected chi connectivity index (χ4v) is 1.71. The Labute approximate surface area is 96.7 Å². The number of carbonyl (C=O) groups is 1. The molecule has 17 heavy (non-hydrogen) atoms. The van der Waals surface area contributed by atoms with Gasteiger partial charge in [-0.25, -0.2) is 4.39 Å². The Morgan fingerprint density at radius 2 is 2.29 bits per heavy atom. The van der Waals surface area contributed by atoms with Crippen molar-refractivity contribution in [3.05, 3.63) is 35.8 Å². The first-order valence-corrected chi connectivity index (χ1v) is 4.94. The third-order valence-electron chi connectivity index (χ3n) is 2.40. The molecule has 1 aromatic carbocycles. The number of benzene rings is 1. The summed E-state index contributed by atoms with van der Waals surface area (Å²) < 4.78 is 18.3. The van der Waals surface area contributed by atoms with Crippen LogP contribution >= 0.6 is 0 Å². The molecule has 0 aliphatic rings. The molecule has 2 rings (SSSR count). The first kappa shape index (κ1) is 11.3. The number of fused-ring (bicyclic) bond motifs is 1. The Bertz CT molecular complexity index is 583. The largest absolute Gasteiger partial charge is 0.496 e. The van der Waals surface area contributed by atoms with Crippen LogP contribution in [0.25, 0.3) is 10.9 Å². The lowest BCUT2D eigenvalue weighted by atomic mass is 10.1. The summed E-state index contributed by atoms with van der Waals surface area (Å²) in [5, 5.41) is 9.23. The Kier molecular flexibility index (Phi) is 2.91. The number of aliphatic carboxylic acids is 1. The number of nitrogens with zero attached hydrogens (tertiary/aromatic N) is 1. The number of hydrogen-bond donors (Lipinski definition) is 1. The van der Waals surface area contributed by atoms with E-state index in [1.807, 2.05) is 0 Å². The summed E-state index contributed by atoms with van der Waals surface area (Å²) in [6, 6.07) is 4.11. The van der Waals surface area contributed by atoms with Crippen LogP contribution in [0.2, 0.25) is 0 Å². The predicted octanol–water partition coefficient (Wildman–Crippen LogP) is 2.01. The van der Waals surface area contributed by atoms with E-state index in [0.29, 0.717) is 22.2 Å². The Balaban J connectivity index is 2.66. The molecular weight excluding hydrogens is 225 g/mol. The first-order chi connectivity index (χ1) is 8.11. The van der Waals surface area contributed by atoms with Gasteiger partial charge in [0, 0.05) is 17.1 Å². The van der Waals surface area contributed by atoms with Crippen molar-refractivity contribution in [3.63, 3.8) is 0 Å². The van der Waals surface area contributed by atoms with Crippen LogP contribution in [0.4, 0.5) is 4.39 Å². The second-order valence-corrected chi connectivity index (χ2v) is 3.55. The van der Waals surface area contributed by atoms with Crippen molar-refractivity contribution in [1.82, 2.24) is 4.98 Å². The maximum absolute atomic E-state index is 13.1. The van der Waals surface area contributed by atoms with E-state index in [2.05, 4.69) is 4.98 Å². The number of halogens is 1.